The number of aromatic nitrogens is 4. The fourth-order valence-corrected chi connectivity index (χ4v) is 3.69. The van der Waals surface area contributed by atoms with E-state index in [4.69, 9.17) is 0 Å². The summed E-state index contributed by atoms with van der Waals surface area (Å²) in [6.07, 6.45) is 2.64. The first kappa shape index (κ1) is 14.9. The Morgan fingerprint density at radius 3 is 2.96 bits per heavy atom. The van der Waals surface area contributed by atoms with Gasteiger partial charge in [0.25, 0.3) is 5.91 Å². The number of hydrogen-bond acceptors (Lipinski definition) is 3. The molecule has 0 radical (unpaired) electrons. The van der Waals surface area contributed by atoms with Crippen molar-refractivity contribution in [1.82, 2.24) is 24.2 Å². The molecule has 3 aromatic rings. The predicted molar refractivity (Wildman–Crippen MR) is 91.9 cm³/mol. The molecule has 1 saturated heterocycles. The van der Waals surface area contributed by atoms with Crippen LogP contribution in [0.15, 0.2) is 36.5 Å². The first-order valence-electron chi connectivity index (χ1n) is 8.43. The predicted octanol–water partition coefficient (Wildman–Crippen LogP) is 2.65. The van der Waals surface area contributed by atoms with Crippen LogP contribution in [0, 0.1) is 6.92 Å². The molecular formula is C18H21N5O. The summed E-state index contributed by atoms with van der Waals surface area (Å²) >= 11 is 0. The van der Waals surface area contributed by atoms with Crippen LogP contribution >= 0.6 is 0 Å². The topological polar surface area (TPSA) is 56.0 Å². The average Bonchev–Trinajstić information content (AvgIpc) is 3.30. The second-order valence-electron chi connectivity index (χ2n) is 6.24. The van der Waals surface area contributed by atoms with Crippen LogP contribution in [0.1, 0.15) is 35.7 Å². The van der Waals surface area contributed by atoms with Gasteiger partial charge in [-0.2, -0.15) is 5.10 Å². The van der Waals surface area contributed by atoms with Crippen LogP contribution in [0.3, 0.4) is 0 Å². The molecule has 1 atom stereocenters. The minimum Gasteiger partial charge on any atom is -0.335 e. The van der Waals surface area contributed by atoms with Gasteiger partial charge in [0.15, 0.2) is 0 Å². The highest BCUT2D eigenvalue weighted by atomic mass is 16.2. The number of para-hydroxylation sites is 2. The molecule has 0 spiro atoms. The second kappa shape index (κ2) is 5.78. The quantitative estimate of drug-likeness (QED) is 0.744. The van der Waals surface area contributed by atoms with Gasteiger partial charge in [0.1, 0.15) is 11.5 Å². The van der Waals surface area contributed by atoms with Gasteiger partial charge in [0, 0.05) is 25.8 Å². The molecule has 1 aliphatic rings. The molecule has 1 aromatic carbocycles. The van der Waals surface area contributed by atoms with Crippen molar-refractivity contribution in [2.75, 3.05) is 13.1 Å². The highest BCUT2D eigenvalue weighted by Gasteiger charge is 2.30. The van der Waals surface area contributed by atoms with Crippen LogP contribution in [0.4, 0.5) is 0 Å². The lowest BCUT2D eigenvalue weighted by Gasteiger charge is -2.18. The molecule has 1 fully saturated rings. The number of benzene rings is 1. The number of carbonyl (C=O) groups excluding carboxylic acids is 1. The molecule has 24 heavy (non-hydrogen) atoms. The molecule has 4 rings (SSSR count). The molecule has 3 heterocycles. The third-order valence-electron chi connectivity index (χ3n) is 4.82. The third-order valence-corrected chi connectivity index (χ3v) is 4.82. The largest absolute Gasteiger partial charge is 0.335 e. The SMILES string of the molecule is CCn1nccc1C(=O)N1CC[C@@H](n2c(C)nc3ccccc32)C1. The minimum absolute atomic E-state index is 0.0684. The summed E-state index contributed by atoms with van der Waals surface area (Å²) in [6, 6.07) is 10.3. The smallest absolute Gasteiger partial charge is 0.272 e. The zero-order chi connectivity index (χ0) is 16.7. The number of imidazole rings is 1. The number of rotatable bonds is 3. The maximum absolute atomic E-state index is 12.8. The van der Waals surface area contributed by atoms with Crippen LogP contribution in [0.5, 0.6) is 0 Å². The Morgan fingerprint density at radius 2 is 2.12 bits per heavy atom. The molecule has 124 valence electrons. The number of likely N-dealkylation sites (tertiary alicyclic amines) is 1. The summed E-state index contributed by atoms with van der Waals surface area (Å²) in [7, 11) is 0. The zero-order valence-electron chi connectivity index (χ0n) is 14.0. The van der Waals surface area contributed by atoms with Gasteiger partial charge in [-0.25, -0.2) is 4.98 Å². The Kier molecular flexibility index (Phi) is 3.59. The lowest BCUT2D eigenvalue weighted by atomic mass is 10.2. The third kappa shape index (κ3) is 2.29. The van der Waals surface area contributed by atoms with E-state index < -0.39 is 0 Å². The van der Waals surface area contributed by atoms with E-state index in [-0.39, 0.29) is 11.9 Å². The highest BCUT2D eigenvalue weighted by Crippen LogP contribution is 2.28. The van der Waals surface area contributed by atoms with Gasteiger partial charge in [-0.3, -0.25) is 9.48 Å². The second-order valence-corrected chi connectivity index (χ2v) is 6.24. The molecule has 0 N–H and O–H groups in total. The summed E-state index contributed by atoms with van der Waals surface area (Å²) in [6.45, 7) is 6.23. The van der Waals surface area contributed by atoms with E-state index in [0.29, 0.717) is 12.2 Å². The van der Waals surface area contributed by atoms with Crippen molar-refractivity contribution >= 4 is 16.9 Å². The van der Waals surface area contributed by atoms with Gasteiger partial charge < -0.3 is 9.47 Å². The van der Waals surface area contributed by atoms with Gasteiger partial charge in [0.2, 0.25) is 0 Å². The first-order valence-corrected chi connectivity index (χ1v) is 8.43. The van der Waals surface area contributed by atoms with Crippen LogP contribution in [0.2, 0.25) is 0 Å². The Labute approximate surface area is 140 Å². The summed E-state index contributed by atoms with van der Waals surface area (Å²) in [4.78, 5) is 19.4. The van der Waals surface area contributed by atoms with Gasteiger partial charge in [0.05, 0.1) is 17.1 Å². The van der Waals surface area contributed by atoms with Gasteiger partial charge in [-0.15, -0.1) is 0 Å². The molecule has 6 heteroatoms. The van der Waals surface area contributed by atoms with E-state index in [0.717, 1.165) is 36.4 Å². The first-order chi connectivity index (χ1) is 11.7. The van der Waals surface area contributed by atoms with Crippen molar-refractivity contribution in [2.24, 2.45) is 0 Å². The normalized spacial score (nSPS) is 17.8. The van der Waals surface area contributed by atoms with E-state index in [9.17, 15) is 4.79 Å². The number of carbonyl (C=O) groups is 1. The van der Waals surface area contributed by atoms with Gasteiger partial charge in [-0.05, 0) is 38.5 Å². The highest BCUT2D eigenvalue weighted by molar-refractivity contribution is 5.92. The Balaban J connectivity index is 1.60. The standard InChI is InChI=1S/C18H21N5O/c1-3-22-17(8-10-19-22)18(24)21-11-9-14(12-21)23-13(2)20-15-6-4-5-7-16(15)23/h4-8,10,14H,3,9,11-12H2,1-2H3/t14-/m1/s1. The number of aryl methyl sites for hydroxylation is 2. The summed E-state index contributed by atoms with van der Waals surface area (Å²) in [5.74, 6) is 1.08. The van der Waals surface area contributed by atoms with E-state index in [2.05, 4.69) is 20.7 Å². The molecule has 0 bridgehead atoms. The number of nitrogens with zero attached hydrogens (tertiary/aromatic N) is 5. The summed E-state index contributed by atoms with van der Waals surface area (Å²) < 4.78 is 4.03. The number of amides is 1. The molecule has 0 unspecified atom stereocenters. The van der Waals surface area contributed by atoms with Crippen LogP contribution in [-0.4, -0.2) is 43.2 Å². The molecule has 2 aromatic heterocycles. The Hall–Kier alpha value is -2.63. The van der Waals surface area contributed by atoms with Crippen LogP contribution in [0.25, 0.3) is 11.0 Å². The average molecular weight is 323 g/mol. The maximum Gasteiger partial charge on any atom is 0.272 e. The van der Waals surface area contributed by atoms with Crippen LogP contribution in [-0.2, 0) is 6.54 Å². The van der Waals surface area contributed by atoms with E-state index in [1.807, 2.05) is 36.9 Å². The van der Waals surface area contributed by atoms with E-state index in [1.54, 1.807) is 16.9 Å². The summed E-state index contributed by atoms with van der Waals surface area (Å²) in [5, 5.41) is 4.21. The Bertz CT molecular complexity index is 894. The molecule has 1 amide bonds. The molecule has 0 saturated carbocycles. The number of fused-ring (bicyclic) bond motifs is 1. The number of hydrogen-bond donors (Lipinski definition) is 0. The maximum atomic E-state index is 12.8. The minimum atomic E-state index is 0.0684. The fourth-order valence-electron chi connectivity index (χ4n) is 3.69. The van der Waals surface area contributed by atoms with Crippen LogP contribution < -0.4 is 0 Å². The molecule has 6 nitrogen and oxygen atoms in total. The van der Waals surface area contributed by atoms with Crippen molar-refractivity contribution in [3.05, 3.63) is 48.0 Å². The van der Waals surface area contributed by atoms with Crippen molar-refractivity contribution in [3.63, 3.8) is 0 Å². The fraction of sp³-hybridized carbons (Fsp3) is 0.389. The van der Waals surface area contributed by atoms with E-state index in [1.165, 1.54) is 0 Å². The monoisotopic (exact) mass is 323 g/mol. The summed E-state index contributed by atoms with van der Waals surface area (Å²) in [5.41, 5.74) is 2.84. The van der Waals surface area contributed by atoms with Crippen molar-refractivity contribution in [2.45, 2.75) is 32.9 Å². The van der Waals surface area contributed by atoms with Gasteiger partial charge in [-0.1, -0.05) is 12.1 Å². The zero-order valence-corrected chi connectivity index (χ0v) is 14.0. The van der Waals surface area contributed by atoms with Crippen molar-refractivity contribution < 1.29 is 4.79 Å². The lowest BCUT2D eigenvalue weighted by molar-refractivity contribution is 0.0775. The van der Waals surface area contributed by atoms with E-state index >= 15 is 0 Å². The molecular weight excluding hydrogens is 302 g/mol. The van der Waals surface area contributed by atoms with Gasteiger partial charge >= 0.3 is 0 Å². The van der Waals surface area contributed by atoms with Crippen molar-refractivity contribution in [3.8, 4) is 0 Å². The lowest BCUT2D eigenvalue weighted by Crippen LogP contribution is -2.31. The van der Waals surface area contributed by atoms with Crippen molar-refractivity contribution in [1.29, 1.82) is 0 Å². The molecule has 0 aliphatic carbocycles. The molecule has 1 aliphatic heterocycles. The Morgan fingerprint density at radius 1 is 1.29 bits per heavy atom.